The molecule has 0 spiro atoms. The highest BCUT2D eigenvalue weighted by molar-refractivity contribution is 9.10. The summed E-state index contributed by atoms with van der Waals surface area (Å²) in [5, 5.41) is 8.73. The van der Waals surface area contributed by atoms with E-state index in [1.807, 2.05) is 0 Å². The van der Waals surface area contributed by atoms with Crippen LogP contribution in [0.4, 0.5) is 0 Å². The molecule has 17 heavy (non-hydrogen) atoms. The van der Waals surface area contributed by atoms with E-state index in [2.05, 4.69) is 15.9 Å². The number of rotatable bonds is 3. The fourth-order valence-electron chi connectivity index (χ4n) is 1.70. The molecule has 0 aromatic carbocycles. The average molecular weight is 324 g/mol. The van der Waals surface area contributed by atoms with Gasteiger partial charge in [-0.2, -0.15) is 4.31 Å². The van der Waals surface area contributed by atoms with Gasteiger partial charge in [0.1, 0.15) is 4.90 Å². The minimum Gasteiger partial charge on any atom is -0.475 e. The van der Waals surface area contributed by atoms with E-state index < -0.39 is 21.8 Å². The highest BCUT2D eigenvalue weighted by Crippen LogP contribution is 2.30. The molecule has 1 aliphatic heterocycles. The molecule has 6 nitrogen and oxygen atoms in total. The molecule has 0 bridgehead atoms. The summed E-state index contributed by atoms with van der Waals surface area (Å²) in [5.74, 6) is -1.69. The SMILES string of the molecule is O=C(O)c1cc(S(=O)(=O)N2CCCC2)c(Br)o1. The normalized spacial score (nSPS) is 17.5. The molecule has 0 atom stereocenters. The van der Waals surface area contributed by atoms with Crippen LogP contribution in [0.15, 0.2) is 20.0 Å². The molecule has 94 valence electrons. The zero-order chi connectivity index (χ0) is 12.6. The number of aromatic carboxylic acids is 1. The Hall–Kier alpha value is -0.860. The average Bonchev–Trinajstić information content (AvgIpc) is 2.85. The molecule has 1 fully saturated rings. The molecule has 1 aromatic heterocycles. The van der Waals surface area contributed by atoms with Crippen molar-refractivity contribution in [2.75, 3.05) is 13.1 Å². The summed E-state index contributed by atoms with van der Waals surface area (Å²) in [6, 6.07) is 1.03. The number of carboxylic acids is 1. The van der Waals surface area contributed by atoms with Crippen molar-refractivity contribution in [1.82, 2.24) is 4.31 Å². The summed E-state index contributed by atoms with van der Waals surface area (Å²) in [4.78, 5) is 10.6. The zero-order valence-corrected chi connectivity index (χ0v) is 11.1. The van der Waals surface area contributed by atoms with Crippen LogP contribution in [0.1, 0.15) is 23.4 Å². The van der Waals surface area contributed by atoms with Gasteiger partial charge in [0.05, 0.1) is 0 Å². The van der Waals surface area contributed by atoms with Gasteiger partial charge in [-0.25, -0.2) is 13.2 Å². The molecule has 1 aromatic rings. The summed E-state index contributed by atoms with van der Waals surface area (Å²) in [7, 11) is -3.65. The first-order chi connectivity index (χ1) is 7.93. The van der Waals surface area contributed by atoms with Crippen LogP contribution >= 0.6 is 15.9 Å². The van der Waals surface area contributed by atoms with Crippen molar-refractivity contribution in [1.29, 1.82) is 0 Å². The monoisotopic (exact) mass is 323 g/mol. The number of nitrogens with zero attached hydrogens (tertiary/aromatic N) is 1. The predicted octanol–water partition coefficient (Wildman–Crippen LogP) is 1.52. The fraction of sp³-hybridized carbons (Fsp3) is 0.444. The second-order valence-corrected chi connectivity index (χ2v) is 6.29. The van der Waals surface area contributed by atoms with Crippen LogP contribution in [0, 0.1) is 0 Å². The van der Waals surface area contributed by atoms with E-state index in [0.717, 1.165) is 18.9 Å². The molecular weight excluding hydrogens is 314 g/mol. The van der Waals surface area contributed by atoms with E-state index in [4.69, 9.17) is 9.52 Å². The van der Waals surface area contributed by atoms with Crippen molar-refractivity contribution < 1.29 is 22.7 Å². The first-order valence-corrected chi connectivity index (χ1v) is 7.19. The van der Waals surface area contributed by atoms with Crippen molar-refractivity contribution in [2.45, 2.75) is 17.7 Å². The second-order valence-electron chi connectivity index (χ2n) is 3.66. The molecule has 1 saturated heterocycles. The van der Waals surface area contributed by atoms with Gasteiger partial charge in [0.25, 0.3) is 0 Å². The minimum absolute atomic E-state index is 0.0678. The first kappa shape index (κ1) is 12.6. The maximum Gasteiger partial charge on any atom is 0.371 e. The maximum absolute atomic E-state index is 12.1. The van der Waals surface area contributed by atoms with Crippen molar-refractivity contribution in [3.05, 3.63) is 16.5 Å². The number of carboxylic acid groups (broad SMARTS) is 1. The third kappa shape index (κ3) is 2.24. The van der Waals surface area contributed by atoms with Crippen LogP contribution in [0.3, 0.4) is 0 Å². The summed E-state index contributed by atoms with van der Waals surface area (Å²) < 4.78 is 30.4. The smallest absolute Gasteiger partial charge is 0.371 e. The van der Waals surface area contributed by atoms with Crippen molar-refractivity contribution in [3.8, 4) is 0 Å². The molecule has 0 unspecified atom stereocenters. The van der Waals surface area contributed by atoms with Gasteiger partial charge in [-0.15, -0.1) is 0 Å². The summed E-state index contributed by atoms with van der Waals surface area (Å²) in [5.41, 5.74) is 0. The second kappa shape index (κ2) is 4.43. The van der Waals surface area contributed by atoms with Gasteiger partial charge in [-0.1, -0.05) is 0 Å². The summed E-state index contributed by atoms with van der Waals surface area (Å²) in [6.07, 6.45) is 1.64. The van der Waals surface area contributed by atoms with Gasteiger partial charge in [0.2, 0.25) is 15.8 Å². The van der Waals surface area contributed by atoms with Gasteiger partial charge in [-0.05, 0) is 28.8 Å². The fourth-order valence-corrected chi connectivity index (χ4v) is 4.12. The van der Waals surface area contributed by atoms with Gasteiger partial charge in [0, 0.05) is 19.2 Å². The Morgan fingerprint density at radius 2 is 2.00 bits per heavy atom. The molecule has 2 heterocycles. The predicted molar refractivity (Wildman–Crippen MR) is 61.4 cm³/mol. The topological polar surface area (TPSA) is 87.8 Å². The number of hydrogen-bond acceptors (Lipinski definition) is 4. The molecule has 0 saturated carbocycles. The lowest BCUT2D eigenvalue weighted by molar-refractivity contribution is 0.0661. The van der Waals surface area contributed by atoms with Crippen molar-refractivity contribution in [2.24, 2.45) is 0 Å². The van der Waals surface area contributed by atoms with Crippen LogP contribution in [0.5, 0.6) is 0 Å². The van der Waals surface area contributed by atoms with Crippen LogP contribution in [-0.4, -0.2) is 36.9 Å². The molecule has 1 aliphatic rings. The Morgan fingerprint density at radius 3 is 2.47 bits per heavy atom. The van der Waals surface area contributed by atoms with E-state index in [1.54, 1.807) is 0 Å². The quantitative estimate of drug-likeness (QED) is 0.911. The van der Waals surface area contributed by atoms with E-state index >= 15 is 0 Å². The molecule has 1 N–H and O–H groups in total. The Labute approximate surface area is 106 Å². The number of sulfonamides is 1. The van der Waals surface area contributed by atoms with Gasteiger partial charge in [-0.3, -0.25) is 0 Å². The Bertz CT molecular complexity index is 544. The largest absolute Gasteiger partial charge is 0.475 e. The summed E-state index contributed by atoms with van der Waals surface area (Å²) >= 11 is 2.93. The highest BCUT2D eigenvalue weighted by Gasteiger charge is 2.32. The van der Waals surface area contributed by atoms with Crippen molar-refractivity contribution in [3.63, 3.8) is 0 Å². The van der Waals surface area contributed by atoms with E-state index in [9.17, 15) is 13.2 Å². The van der Waals surface area contributed by atoms with Crippen LogP contribution in [-0.2, 0) is 10.0 Å². The molecule has 8 heteroatoms. The third-order valence-electron chi connectivity index (χ3n) is 2.55. The number of furan rings is 1. The molecular formula is C9H10BrNO5S. The number of hydrogen-bond donors (Lipinski definition) is 1. The number of carbonyl (C=O) groups is 1. The molecule has 2 rings (SSSR count). The van der Waals surface area contributed by atoms with Gasteiger partial charge < -0.3 is 9.52 Å². The minimum atomic E-state index is -3.65. The van der Waals surface area contributed by atoms with Crippen LogP contribution < -0.4 is 0 Å². The lowest BCUT2D eigenvalue weighted by atomic mass is 10.4. The Morgan fingerprint density at radius 1 is 1.41 bits per heavy atom. The molecule has 0 amide bonds. The first-order valence-electron chi connectivity index (χ1n) is 4.95. The number of halogens is 1. The van der Waals surface area contributed by atoms with E-state index in [-0.39, 0.29) is 9.56 Å². The maximum atomic E-state index is 12.1. The Balaban J connectivity index is 2.42. The van der Waals surface area contributed by atoms with Crippen LogP contribution in [0.2, 0.25) is 0 Å². The standard InChI is InChI=1S/C9H10BrNO5S/c10-8-7(5-6(16-8)9(12)13)17(14,15)11-3-1-2-4-11/h5H,1-4H2,(H,12,13). The van der Waals surface area contributed by atoms with E-state index in [1.165, 1.54) is 4.31 Å². The van der Waals surface area contributed by atoms with Gasteiger partial charge >= 0.3 is 5.97 Å². The summed E-state index contributed by atoms with van der Waals surface area (Å²) in [6.45, 7) is 0.921. The zero-order valence-electron chi connectivity index (χ0n) is 8.72. The Kier molecular flexibility index (Phi) is 3.28. The third-order valence-corrected chi connectivity index (χ3v) is 5.30. The van der Waals surface area contributed by atoms with Crippen LogP contribution in [0.25, 0.3) is 0 Å². The highest BCUT2D eigenvalue weighted by atomic mass is 79.9. The molecule has 0 aliphatic carbocycles. The lowest BCUT2D eigenvalue weighted by Crippen LogP contribution is -2.27. The van der Waals surface area contributed by atoms with Gasteiger partial charge in [0.15, 0.2) is 4.67 Å². The molecule has 0 radical (unpaired) electrons. The lowest BCUT2D eigenvalue weighted by Gasteiger charge is -2.13. The van der Waals surface area contributed by atoms with E-state index in [0.29, 0.717) is 13.1 Å². The van der Waals surface area contributed by atoms with Crippen molar-refractivity contribution >= 4 is 31.9 Å².